The number of carboxylic acid groups (broad SMARTS) is 1. The van der Waals surface area contributed by atoms with E-state index in [0.29, 0.717) is 24.3 Å². The highest BCUT2D eigenvalue weighted by Gasteiger charge is 2.25. The molecule has 3 aromatic rings. The Morgan fingerprint density at radius 1 is 0.861 bits per heavy atom. The van der Waals surface area contributed by atoms with Crippen molar-refractivity contribution in [3.63, 3.8) is 0 Å². The van der Waals surface area contributed by atoms with Crippen LogP contribution in [0.3, 0.4) is 0 Å². The van der Waals surface area contributed by atoms with Gasteiger partial charge in [0.1, 0.15) is 11.9 Å². The topological polar surface area (TPSA) is 141 Å². The Bertz CT molecular complexity index is 1120. The molecular weight excluding hydrogens is 460 g/mol. The van der Waals surface area contributed by atoms with E-state index in [4.69, 9.17) is 0 Å². The summed E-state index contributed by atoms with van der Waals surface area (Å²) in [7, 11) is 0. The zero-order valence-corrected chi connectivity index (χ0v) is 19.8. The number of carboxylic acids is 1. The molecule has 1 aromatic heterocycles. The third-order valence-electron chi connectivity index (χ3n) is 5.50. The molecule has 188 valence electrons. The maximum Gasteiger partial charge on any atom is 0.305 e. The summed E-state index contributed by atoms with van der Waals surface area (Å²) in [5.41, 5.74) is 2.58. The van der Waals surface area contributed by atoms with E-state index in [0.717, 1.165) is 11.1 Å². The Balaban J connectivity index is 1.55. The molecule has 1 heterocycles. The minimum atomic E-state index is -1.19. The molecule has 2 atom stereocenters. The minimum absolute atomic E-state index is 0.142. The molecule has 0 aliphatic heterocycles. The zero-order valence-electron chi connectivity index (χ0n) is 19.8. The lowest BCUT2D eigenvalue weighted by Crippen LogP contribution is -2.50. The van der Waals surface area contributed by atoms with E-state index in [1.807, 2.05) is 54.6 Å². The van der Waals surface area contributed by atoms with Crippen LogP contribution in [0, 0.1) is 0 Å². The number of aliphatic hydroxyl groups excluding tert-OH is 1. The van der Waals surface area contributed by atoms with Crippen molar-refractivity contribution in [3.8, 4) is 11.1 Å². The first kappa shape index (κ1) is 26.4. The molecule has 9 heteroatoms. The van der Waals surface area contributed by atoms with Crippen molar-refractivity contribution in [3.05, 3.63) is 84.6 Å². The van der Waals surface area contributed by atoms with E-state index in [9.17, 15) is 24.6 Å². The first-order chi connectivity index (χ1) is 17.5. The van der Waals surface area contributed by atoms with E-state index in [-0.39, 0.29) is 12.8 Å². The number of amides is 2. The average Bonchev–Trinajstić information content (AvgIpc) is 2.90. The molecule has 5 N–H and O–H groups in total. The van der Waals surface area contributed by atoms with E-state index in [2.05, 4.69) is 20.9 Å². The Kier molecular flexibility index (Phi) is 9.96. The predicted molar refractivity (Wildman–Crippen MR) is 136 cm³/mol. The van der Waals surface area contributed by atoms with Gasteiger partial charge >= 0.3 is 5.97 Å². The summed E-state index contributed by atoms with van der Waals surface area (Å²) in [6, 6.07) is 20.4. The summed E-state index contributed by atoms with van der Waals surface area (Å²) in [5.74, 6) is -1.44. The summed E-state index contributed by atoms with van der Waals surface area (Å²) < 4.78 is 0. The van der Waals surface area contributed by atoms with Crippen molar-refractivity contribution in [2.75, 3.05) is 18.5 Å². The highest BCUT2D eigenvalue weighted by Crippen LogP contribution is 2.23. The van der Waals surface area contributed by atoms with Crippen LogP contribution in [0.1, 0.15) is 30.9 Å². The molecule has 1 unspecified atom stereocenters. The van der Waals surface area contributed by atoms with Gasteiger partial charge in [-0.05, 0) is 35.2 Å². The number of aliphatic hydroxyl groups is 1. The molecule has 9 nitrogen and oxygen atoms in total. The molecule has 0 aliphatic rings. The molecule has 0 bridgehead atoms. The van der Waals surface area contributed by atoms with Gasteiger partial charge in [0.2, 0.25) is 11.8 Å². The zero-order chi connectivity index (χ0) is 25.8. The van der Waals surface area contributed by atoms with Gasteiger partial charge in [-0.15, -0.1) is 0 Å². The van der Waals surface area contributed by atoms with Gasteiger partial charge in [-0.1, -0.05) is 60.7 Å². The average molecular weight is 491 g/mol. The normalized spacial score (nSPS) is 12.2. The molecule has 0 radical (unpaired) electrons. The second-order valence-electron chi connectivity index (χ2n) is 8.20. The smallest absolute Gasteiger partial charge is 0.305 e. The minimum Gasteiger partial charge on any atom is -0.481 e. The van der Waals surface area contributed by atoms with Crippen molar-refractivity contribution in [2.45, 2.75) is 31.3 Å². The van der Waals surface area contributed by atoms with Crippen LogP contribution in [0.5, 0.6) is 0 Å². The second kappa shape index (κ2) is 13.6. The van der Waals surface area contributed by atoms with E-state index >= 15 is 0 Å². The molecule has 2 aromatic carbocycles. The maximum absolute atomic E-state index is 12.8. The monoisotopic (exact) mass is 490 g/mol. The number of hydrogen-bond acceptors (Lipinski definition) is 6. The van der Waals surface area contributed by atoms with Gasteiger partial charge in [0.15, 0.2) is 0 Å². The number of benzene rings is 2. The summed E-state index contributed by atoms with van der Waals surface area (Å²) in [6.07, 6.45) is 1.96. The fourth-order valence-corrected chi connectivity index (χ4v) is 3.63. The number of aromatic nitrogens is 1. The maximum atomic E-state index is 12.8. The number of nitrogens with one attached hydrogen (secondary N) is 3. The van der Waals surface area contributed by atoms with E-state index < -0.39 is 36.5 Å². The van der Waals surface area contributed by atoms with Gasteiger partial charge < -0.3 is 26.2 Å². The van der Waals surface area contributed by atoms with Gasteiger partial charge in [-0.2, -0.15) is 0 Å². The van der Waals surface area contributed by atoms with Crippen molar-refractivity contribution >= 4 is 23.6 Å². The largest absolute Gasteiger partial charge is 0.481 e. The number of rotatable bonds is 13. The molecule has 0 fully saturated rings. The quantitative estimate of drug-likeness (QED) is 0.232. The molecular formula is C27H30N4O5. The fourth-order valence-electron chi connectivity index (χ4n) is 3.63. The number of nitrogens with zero attached hydrogens (tertiary/aromatic N) is 1. The van der Waals surface area contributed by atoms with Gasteiger partial charge in [0.25, 0.3) is 0 Å². The molecule has 36 heavy (non-hydrogen) atoms. The number of anilines is 1. The molecule has 0 saturated heterocycles. The van der Waals surface area contributed by atoms with Gasteiger partial charge in [0.05, 0.1) is 19.1 Å². The third kappa shape index (κ3) is 8.21. The van der Waals surface area contributed by atoms with Crippen LogP contribution in [0.25, 0.3) is 11.1 Å². The van der Waals surface area contributed by atoms with Crippen LogP contribution in [0.15, 0.2) is 79.0 Å². The van der Waals surface area contributed by atoms with Crippen LogP contribution in [0.2, 0.25) is 0 Å². The molecule has 0 saturated carbocycles. The predicted octanol–water partition coefficient (Wildman–Crippen LogP) is 2.75. The van der Waals surface area contributed by atoms with Crippen LogP contribution in [-0.4, -0.2) is 52.2 Å². The van der Waals surface area contributed by atoms with Gasteiger partial charge in [-0.3, -0.25) is 14.4 Å². The molecule has 3 rings (SSSR count). The van der Waals surface area contributed by atoms with Gasteiger partial charge in [0, 0.05) is 19.2 Å². The van der Waals surface area contributed by atoms with E-state index in [1.165, 1.54) is 0 Å². The lowest BCUT2D eigenvalue weighted by Gasteiger charge is -2.22. The van der Waals surface area contributed by atoms with Crippen LogP contribution in [-0.2, 0) is 14.4 Å². The van der Waals surface area contributed by atoms with Crippen molar-refractivity contribution < 1.29 is 24.6 Å². The number of aliphatic carboxylic acids is 1. The van der Waals surface area contributed by atoms with Crippen molar-refractivity contribution in [2.24, 2.45) is 0 Å². The van der Waals surface area contributed by atoms with Crippen molar-refractivity contribution in [1.29, 1.82) is 0 Å². The Hall–Kier alpha value is -4.24. The van der Waals surface area contributed by atoms with Crippen LogP contribution >= 0.6 is 0 Å². The lowest BCUT2D eigenvalue weighted by atomic mass is 9.99. The standard InChI is InChI=1S/C27H30N4O5/c32-18-23(30-25(33)10-6-16-29-24-9-4-5-15-28-24)27(36)31-22(17-26(34)35)21-13-11-20(12-14-21)19-7-2-1-3-8-19/h1-5,7-9,11-15,22-23,32H,6,10,16-18H2,(H,28,29)(H,30,33)(H,31,36)(H,34,35)/t22?,23-/m0/s1. The Morgan fingerprint density at radius 3 is 2.19 bits per heavy atom. The van der Waals surface area contributed by atoms with Crippen molar-refractivity contribution in [1.82, 2.24) is 15.6 Å². The number of hydrogen-bond donors (Lipinski definition) is 5. The van der Waals surface area contributed by atoms with Gasteiger partial charge in [-0.25, -0.2) is 4.98 Å². The third-order valence-corrected chi connectivity index (χ3v) is 5.50. The second-order valence-corrected chi connectivity index (χ2v) is 8.20. The highest BCUT2D eigenvalue weighted by atomic mass is 16.4. The fraction of sp³-hybridized carbons (Fsp3) is 0.259. The highest BCUT2D eigenvalue weighted by molar-refractivity contribution is 5.88. The first-order valence-corrected chi connectivity index (χ1v) is 11.7. The van der Waals surface area contributed by atoms with E-state index in [1.54, 1.807) is 24.4 Å². The number of pyridine rings is 1. The summed E-state index contributed by atoms with van der Waals surface area (Å²) in [4.78, 5) is 40.6. The molecule has 0 spiro atoms. The summed E-state index contributed by atoms with van der Waals surface area (Å²) in [6.45, 7) is -0.101. The first-order valence-electron chi connectivity index (χ1n) is 11.7. The number of carbonyl (C=O) groups excluding carboxylic acids is 2. The SMILES string of the molecule is O=C(O)CC(NC(=O)[C@H](CO)NC(=O)CCCNc1ccccn1)c1ccc(-c2ccccc2)cc1. The Labute approximate surface area is 209 Å². The lowest BCUT2D eigenvalue weighted by molar-refractivity contribution is -0.138. The molecule has 2 amide bonds. The summed E-state index contributed by atoms with van der Waals surface area (Å²) >= 11 is 0. The molecule has 0 aliphatic carbocycles. The number of carbonyl (C=O) groups is 3. The van der Waals surface area contributed by atoms with Crippen LogP contribution < -0.4 is 16.0 Å². The Morgan fingerprint density at radius 2 is 1.56 bits per heavy atom. The van der Waals surface area contributed by atoms with Crippen LogP contribution in [0.4, 0.5) is 5.82 Å². The summed E-state index contributed by atoms with van der Waals surface area (Å²) in [5, 5.41) is 27.3.